The van der Waals surface area contributed by atoms with Gasteiger partial charge in [0.25, 0.3) is 0 Å². The number of nitrogens with one attached hydrogen (secondary N) is 1. The Morgan fingerprint density at radius 3 is 2.90 bits per heavy atom. The molecule has 1 saturated heterocycles. The van der Waals surface area contributed by atoms with Gasteiger partial charge in [-0.1, -0.05) is 0 Å². The minimum Gasteiger partial charge on any atom is -0.386 e. The molecular formula is C15H22N4O2. The summed E-state index contributed by atoms with van der Waals surface area (Å²) in [6.07, 6.45) is 7.89. The zero-order valence-electron chi connectivity index (χ0n) is 12.2. The number of nitrogens with zero attached hydrogens (tertiary/aromatic N) is 3. The number of piperidine rings is 1. The summed E-state index contributed by atoms with van der Waals surface area (Å²) >= 11 is 0. The molecule has 2 N–H and O–H groups in total. The minimum absolute atomic E-state index is 0.0546. The second-order valence-corrected chi connectivity index (χ2v) is 6.22. The molecule has 3 rings (SSSR count). The second kappa shape index (κ2) is 5.97. The molecule has 1 aliphatic heterocycles. The molecule has 1 aliphatic carbocycles. The molecule has 6 heteroatoms. The van der Waals surface area contributed by atoms with E-state index in [1.807, 2.05) is 4.90 Å². The predicted octanol–water partition coefficient (Wildman–Crippen LogP) is 0.724. The lowest BCUT2D eigenvalue weighted by Crippen LogP contribution is -2.54. The lowest BCUT2D eigenvalue weighted by atomic mass is 9.93. The van der Waals surface area contributed by atoms with Crippen LogP contribution < -0.4 is 10.2 Å². The molecule has 1 amide bonds. The third-order valence-electron chi connectivity index (χ3n) is 4.18. The maximum atomic E-state index is 11.8. The van der Waals surface area contributed by atoms with Crippen LogP contribution in [0.5, 0.6) is 0 Å². The van der Waals surface area contributed by atoms with Crippen LogP contribution in [-0.2, 0) is 4.79 Å². The van der Waals surface area contributed by atoms with Gasteiger partial charge < -0.3 is 15.3 Å². The molecule has 2 heterocycles. The summed E-state index contributed by atoms with van der Waals surface area (Å²) in [5.74, 6) is 1.26. The summed E-state index contributed by atoms with van der Waals surface area (Å²) < 4.78 is 0. The SMILES string of the molecule is O=C(CC1CC1)NC[C@@]1(O)CCCN(c2ncccn2)C1. The first-order chi connectivity index (χ1) is 10.1. The number of β-amino-alcohol motifs (C(OH)–C–C–N with tert-alkyl or cyclic N) is 1. The van der Waals surface area contributed by atoms with Crippen LogP contribution >= 0.6 is 0 Å². The number of rotatable bonds is 5. The van der Waals surface area contributed by atoms with E-state index in [1.165, 1.54) is 0 Å². The molecule has 1 saturated carbocycles. The van der Waals surface area contributed by atoms with Gasteiger partial charge >= 0.3 is 0 Å². The van der Waals surface area contributed by atoms with Crippen molar-refractivity contribution in [3.63, 3.8) is 0 Å². The molecule has 1 aromatic rings. The van der Waals surface area contributed by atoms with Crippen LogP contribution in [0.25, 0.3) is 0 Å². The quantitative estimate of drug-likeness (QED) is 0.835. The van der Waals surface area contributed by atoms with Crippen molar-refractivity contribution >= 4 is 11.9 Å². The number of aromatic nitrogens is 2. The van der Waals surface area contributed by atoms with Gasteiger partial charge in [-0.2, -0.15) is 0 Å². The van der Waals surface area contributed by atoms with Gasteiger partial charge in [-0.15, -0.1) is 0 Å². The first-order valence-corrected chi connectivity index (χ1v) is 7.66. The third kappa shape index (κ3) is 3.91. The fraction of sp³-hybridized carbons (Fsp3) is 0.667. The summed E-state index contributed by atoms with van der Waals surface area (Å²) in [7, 11) is 0. The molecule has 0 aromatic carbocycles. The van der Waals surface area contributed by atoms with E-state index in [-0.39, 0.29) is 5.91 Å². The van der Waals surface area contributed by atoms with Crippen LogP contribution in [0.15, 0.2) is 18.5 Å². The van der Waals surface area contributed by atoms with E-state index in [1.54, 1.807) is 18.5 Å². The van der Waals surface area contributed by atoms with Crippen LogP contribution in [0.1, 0.15) is 32.1 Å². The second-order valence-electron chi connectivity index (χ2n) is 6.22. The highest BCUT2D eigenvalue weighted by atomic mass is 16.3. The zero-order chi connectivity index (χ0) is 14.7. The van der Waals surface area contributed by atoms with Gasteiger partial charge in [-0.3, -0.25) is 4.79 Å². The van der Waals surface area contributed by atoms with Crippen LogP contribution in [0.4, 0.5) is 5.95 Å². The van der Waals surface area contributed by atoms with E-state index < -0.39 is 5.60 Å². The van der Waals surface area contributed by atoms with E-state index in [2.05, 4.69) is 15.3 Å². The van der Waals surface area contributed by atoms with E-state index in [9.17, 15) is 9.90 Å². The Hall–Kier alpha value is -1.69. The molecular weight excluding hydrogens is 268 g/mol. The van der Waals surface area contributed by atoms with Gasteiger partial charge in [-0.05, 0) is 37.7 Å². The van der Waals surface area contributed by atoms with Gasteiger partial charge in [0.2, 0.25) is 11.9 Å². The van der Waals surface area contributed by atoms with Crippen molar-refractivity contribution in [2.75, 3.05) is 24.5 Å². The Balaban J connectivity index is 1.54. The van der Waals surface area contributed by atoms with Crippen LogP contribution in [0.2, 0.25) is 0 Å². The number of amides is 1. The first-order valence-electron chi connectivity index (χ1n) is 7.66. The van der Waals surface area contributed by atoms with Crippen molar-refractivity contribution in [1.29, 1.82) is 0 Å². The third-order valence-corrected chi connectivity index (χ3v) is 4.18. The fourth-order valence-corrected chi connectivity index (χ4v) is 2.80. The van der Waals surface area contributed by atoms with Gasteiger partial charge in [0.1, 0.15) is 0 Å². The van der Waals surface area contributed by atoms with Crippen molar-refractivity contribution in [2.24, 2.45) is 5.92 Å². The predicted molar refractivity (Wildman–Crippen MR) is 78.8 cm³/mol. The van der Waals surface area contributed by atoms with Crippen LogP contribution in [-0.4, -0.2) is 46.2 Å². The number of hydrogen-bond donors (Lipinski definition) is 2. The van der Waals surface area contributed by atoms with Crippen molar-refractivity contribution in [1.82, 2.24) is 15.3 Å². The minimum atomic E-state index is -0.892. The standard InChI is InChI=1S/C15H22N4O2/c20-13(9-12-3-4-12)18-10-15(21)5-1-8-19(11-15)14-16-6-2-7-17-14/h2,6-7,12,21H,1,3-5,8-11H2,(H,18,20)/t15-/m0/s1. The van der Waals surface area contributed by atoms with Gasteiger partial charge in [0.05, 0.1) is 12.1 Å². The molecule has 114 valence electrons. The molecule has 0 unspecified atom stereocenters. The molecule has 1 atom stereocenters. The maximum absolute atomic E-state index is 11.8. The fourth-order valence-electron chi connectivity index (χ4n) is 2.80. The molecule has 1 aromatic heterocycles. The van der Waals surface area contributed by atoms with Gasteiger partial charge in [-0.25, -0.2) is 9.97 Å². The Morgan fingerprint density at radius 1 is 1.43 bits per heavy atom. The topological polar surface area (TPSA) is 78.4 Å². The Bertz CT molecular complexity index is 492. The number of carbonyl (C=O) groups excluding carboxylic acids is 1. The lowest BCUT2D eigenvalue weighted by molar-refractivity contribution is -0.122. The van der Waals surface area contributed by atoms with E-state index >= 15 is 0 Å². The molecule has 6 nitrogen and oxygen atoms in total. The number of anilines is 1. The highest BCUT2D eigenvalue weighted by Gasteiger charge is 2.35. The molecule has 2 fully saturated rings. The summed E-state index contributed by atoms with van der Waals surface area (Å²) in [6.45, 7) is 1.60. The molecule has 2 aliphatic rings. The normalized spacial score (nSPS) is 25.7. The average molecular weight is 290 g/mol. The molecule has 0 spiro atoms. The smallest absolute Gasteiger partial charge is 0.225 e. The highest BCUT2D eigenvalue weighted by molar-refractivity contribution is 5.76. The van der Waals surface area contributed by atoms with E-state index in [0.29, 0.717) is 37.8 Å². The largest absolute Gasteiger partial charge is 0.386 e. The van der Waals surface area contributed by atoms with Crippen LogP contribution in [0, 0.1) is 5.92 Å². The summed E-state index contributed by atoms with van der Waals surface area (Å²) in [5.41, 5.74) is -0.892. The van der Waals surface area contributed by atoms with Crippen molar-refractivity contribution in [2.45, 2.75) is 37.7 Å². The van der Waals surface area contributed by atoms with Crippen molar-refractivity contribution in [3.8, 4) is 0 Å². The first kappa shape index (κ1) is 14.3. The zero-order valence-corrected chi connectivity index (χ0v) is 12.2. The Morgan fingerprint density at radius 2 is 2.19 bits per heavy atom. The van der Waals surface area contributed by atoms with E-state index in [0.717, 1.165) is 25.8 Å². The summed E-state index contributed by atoms with van der Waals surface area (Å²) in [5, 5.41) is 13.6. The van der Waals surface area contributed by atoms with E-state index in [4.69, 9.17) is 0 Å². The Kier molecular flexibility index (Phi) is 4.05. The molecule has 0 bridgehead atoms. The maximum Gasteiger partial charge on any atom is 0.225 e. The lowest BCUT2D eigenvalue weighted by Gasteiger charge is -2.39. The summed E-state index contributed by atoms with van der Waals surface area (Å²) in [6, 6.07) is 1.78. The summed E-state index contributed by atoms with van der Waals surface area (Å²) in [4.78, 5) is 22.2. The monoisotopic (exact) mass is 290 g/mol. The van der Waals surface area contributed by atoms with Gasteiger partial charge in [0, 0.05) is 31.9 Å². The van der Waals surface area contributed by atoms with Gasteiger partial charge in [0.15, 0.2) is 0 Å². The number of carbonyl (C=O) groups is 1. The van der Waals surface area contributed by atoms with Crippen molar-refractivity contribution < 1.29 is 9.90 Å². The number of aliphatic hydroxyl groups is 1. The highest BCUT2D eigenvalue weighted by Crippen LogP contribution is 2.32. The molecule has 21 heavy (non-hydrogen) atoms. The molecule has 0 radical (unpaired) electrons. The average Bonchev–Trinajstić information content (AvgIpc) is 3.30. The van der Waals surface area contributed by atoms with Crippen LogP contribution in [0.3, 0.4) is 0 Å². The number of hydrogen-bond acceptors (Lipinski definition) is 5. The van der Waals surface area contributed by atoms with Crippen molar-refractivity contribution in [3.05, 3.63) is 18.5 Å². The Labute approximate surface area is 124 Å².